The van der Waals surface area contributed by atoms with Gasteiger partial charge in [-0.3, -0.25) is 4.55 Å². The predicted octanol–water partition coefficient (Wildman–Crippen LogP) is 3.78. The van der Waals surface area contributed by atoms with Crippen molar-refractivity contribution >= 4 is 10.1 Å². The molecule has 0 aliphatic rings. The number of halogens is 2. The van der Waals surface area contributed by atoms with Crippen molar-refractivity contribution in [3.63, 3.8) is 0 Å². The van der Waals surface area contributed by atoms with Gasteiger partial charge in [-0.1, -0.05) is 44.6 Å². The van der Waals surface area contributed by atoms with Gasteiger partial charge in [0.1, 0.15) is 0 Å². The first-order chi connectivity index (χ1) is 9.83. The largest absolute Gasteiger partial charge is 0.327 e. The van der Waals surface area contributed by atoms with Crippen LogP contribution in [0.25, 0.3) is 0 Å². The lowest BCUT2D eigenvalue weighted by molar-refractivity contribution is 0.133. The molecule has 0 amide bonds. The van der Waals surface area contributed by atoms with Crippen molar-refractivity contribution in [2.75, 3.05) is 12.3 Å². The summed E-state index contributed by atoms with van der Waals surface area (Å²) in [6.45, 7) is 3.94. The normalized spacial score (nSPS) is 11.1. The van der Waals surface area contributed by atoms with Gasteiger partial charge in [-0.15, -0.1) is 6.58 Å². The van der Waals surface area contributed by atoms with Crippen LogP contribution in [-0.4, -0.2) is 31.7 Å². The summed E-state index contributed by atoms with van der Waals surface area (Å²) < 4.78 is 52.8. The van der Waals surface area contributed by atoms with Gasteiger partial charge in [0.15, 0.2) is 0 Å². The van der Waals surface area contributed by atoms with E-state index in [0.717, 1.165) is 38.5 Å². The highest BCUT2D eigenvalue weighted by molar-refractivity contribution is 7.85. The van der Waals surface area contributed by atoms with Crippen LogP contribution < -0.4 is 5.73 Å². The van der Waals surface area contributed by atoms with E-state index in [-0.39, 0.29) is 12.2 Å². The van der Waals surface area contributed by atoms with Crippen LogP contribution in [0, 0.1) is 0 Å². The van der Waals surface area contributed by atoms with Gasteiger partial charge >= 0.3 is 0 Å². The van der Waals surface area contributed by atoms with Crippen LogP contribution in [0.4, 0.5) is 8.78 Å². The van der Waals surface area contributed by atoms with Crippen LogP contribution in [-0.2, 0) is 10.1 Å². The van der Waals surface area contributed by atoms with E-state index in [0.29, 0.717) is 19.4 Å². The fourth-order valence-electron chi connectivity index (χ4n) is 1.64. The molecule has 3 N–H and O–H groups in total. The molecule has 0 aromatic heterocycles. The van der Waals surface area contributed by atoms with Crippen molar-refractivity contribution < 1.29 is 21.8 Å². The second kappa shape index (κ2) is 15.9. The molecule has 0 bridgehead atoms. The van der Waals surface area contributed by atoms with Crippen LogP contribution >= 0.6 is 0 Å². The van der Waals surface area contributed by atoms with Crippen LogP contribution in [0.2, 0.25) is 0 Å². The number of alkyl halides is 2. The molecule has 0 aromatic rings. The molecule has 0 aromatic carbocycles. The average molecular weight is 329 g/mol. The molecule has 0 atom stereocenters. The number of unbranched alkanes of at least 4 members (excludes halogenated alkanes) is 7. The van der Waals surface area contributed by atoms with E-state index in [1.54, 1.807) is 6.08 Å². The first kappa shape index (κ1) is 22.7. The van der Waals surface area contributed by atoms with Crippen molar-refractivity contribution in [3.05, 3.63) is 12.7 Å². The van der Waals surface area contributed by atoms with Crippen molar-refractivity contribution in [3.8, 4) is 0 Å². The first-order valence-corrected chi connectivity index (χ1v) is 8.98. The van der Waals surface area contributed by atoms with Crippen LogP contribution in [0.1, 0.15) is 57.8 Å². The molecule has 0 saturated carbocycles. The van der Waals surface area contributed by atoms with Crippen LogP contribution in [0.15, 0.2) is 12.7 Å². The van der Waals surface area contributed by atoms with Gasteiger partial charge in [-0.2, -0.15) is 8.42 Å². The molecule has 0 aliphatic carbocycles. The molecule has 0 aliphatic heterocycles. The van der Waals surface area contributed by atoms with Gasteiger partial charge in [0.25, 0.3) is 10.1 Å². The summed E-state index contributed by atoms with van der Waals surface area (Å²) in [5.74, 6) is -0.165. The molecule has 0 heterocycles. The molecule has 7 heteroatoms. The topological polar surface area (TPSA) is 80.4 Å². The van der Waals surface area contributed by atoms with Crippen molar-refractivity contribution in [2.45, 2.75) is 64.2 Å². The number of hydrogen-bond acceptors (Lipinski definition) is 3. The third kappa shape index (κ3) is 28.4. The Balaban J connectivity index is 0. The molecule has 21 heavy (non-hydrogen) atoms. The van der Waals surface area contributed by atoms with Gasteiger partial charge in [0, 0.05) is 13.0 Å². The molecule has 0 radical (unpaired) electrons. The number of rotatable bonds is 12. The number of hydrogen-bond donors (Lipinski definition) is 2. The summed E-state index contributed by atoms with van der Waals surface area (Å²) in [7, 11) is -3.81. The Labute approximate surface area is 127 Å². The summed E-state index contributed by atoms with van der Waals surface area (Å²) in [5, 5.41) is 0. The van der Waals surface area contributed by atoms with Crippen LogP contribution in [0.5, 0.6) is 0 Å². The fourth-order valence-corrected chi connectivity index (χ4v) is 2.21. The SMILES string of the molecule is C=CCN.O=S(=O)(O)CCCCCCCCCCC(F)F. The van der Waals surface area contributed by atoms with Gasteiger partial charge in [0.05, 0.1) is 5.75 Å². The minimum atomic E-state index is -3.81. The lowest BCUT2D eigenvalue weighted by Gasteiger charge is -2.02. The second-order valence-electron chi connectivity index (χ2n) is 4.82. The Morgan fingerprint density at radius 1 is 1.00 bits per heavy atom. The minimum absolute atomic E-state index is 0.00560. The molecular formula is C14H29F2NO3S. The lowest BCUT2D eigenvalue weighted by atomic mass is 10.1. The van der Waals surface area contributed by atoms with Gasteiger partial charge in [0.2, 0.25) is 6.43 Å². The standard InChI is InChI=1S/C11H22F2O3S.C3H7N/c12-11(13)9-7-5-3-1-2-4-6-8-10-17(14,15)16;1-2-3-4/h11H,1-10H2,(H,14,15,16);2H,1,3-4H2. The van der Waals surface area contributed by atoms with Crippen molar-refractivity contribution in [1.29, 1.82) is 0 Å². The molecule has 0 fully saturated rings. The Morgan fingerprint density at radius 3 is 1.71 bits per heavy atom. The Bertz CT molecular complexity index is 322. The third-order valence-electron chi connectivity index (χ3n) is 2.74. The zero-order valence-electron chi connectivity index (χ0n) is 12.6. The maximum absolute atomic E-state index is 11.8. The van der Waals surface area contributed by atoms with E-state index in [4.69, 9.17) is 10.3 Å². The molecule has 0 saturated heterocycles. The quantitative estimate of drug-likeness (QED) is 0.324. The predicted molar refractivity (Wildman–Crippen MR) is 83.2 cm³/mol. The van der Waals surface area contributed by atoms with Gasteiger partial charge in [-0.25, -0.2) is 8.78 Å². The smallest absolute Gasteiger partial charge is 0.264 e. The minimum Gasteiger partial charge on any atom is -0.327 e. The second-order valence-corrected chi connectivity index (χ2v) is 6.39. The summed E-state index contributed by atoms with van der Waals surface area (Å²) in [5.41, 5.74) is 4.91. The van der Waals surface area contributed by atoms with E-state index >= 15 is 0 Å². The van der Waals surface area contributed by atoms with Crippen molar-refractivity contribution in [2.24, 2.45) is 5.73 Å². The molecular weight excluding hydrogens is 300 g/mol. The zero-order valence-corrected chi connectivity index (χ0v) is 13.5. The first-order valence-electron chi connectivity index (χ1n) is 7.37. The maximum Gasteiger partial charge on any atom is 0.264 e. The van der Waals surface area contributed by atoms with E-state index in [2.05, 4.69) is 6.58 Å². The van der Waals surface area contributed by atoms with Gasteiger partial charge in [-0.05, 0) is 12.8 Å². The zero-order chi connectivity index (χ0) is 16.6. The molecule has 0 spiro atoms. The van der Waals surface area contributed by atoms with E-state index in [1.807, 2.05) is 0 Å². The van der Waals surface area contributed by atoms with Crippen molar-refractivity contribution in [1.82, 2.24) is 0 Å². The monoisotopic (exact) mass is 329 g/mol. The highest BCUT2D eigenvalue weighted by Crippen LogP contribution is 2.12. The molecule has 0 unspecified atom stereocenters. The Morgan fingerprint density at radius 2 is 1.38 bits per heavy atom. The van der Waals surface area contributed by atoms with E-state index in [9.17, 15) is 17.2 Å². The molecule has 4 nitrogen and oxygen atoms in total. The van der Waals surface area contributed by atoms with Crippen LogP contribution in [0.3, 0.4) is 0 Å². The molecule has 0 rings (SSSR count). The third-order valence-corrected chi connectivity index (χ3v) is 3.55. The summed E-state index contributed by atoms with van der Waals surface area (Å²) >= 11 is 0. The summed E-state index contributed by atoms with van der Waals surface area (Å²) in [6, 6.07) is 0. The van der Waals surface area contributed by atoms with E-state index in [1.165, 1.54) is 0 Å². The fraction of sp³-hybridized carbons (Fsp3) is 0.857. The highest BCUT2D eigenvalue weighted by atomic mass is 32.2. The Hall–Kier alpha value is -0.530. The summed E-state index contributed by atoms with van der Waals surface area (Å²) in [6.07, 6.45) is 6.07. The Kier molecular flexibility index (Phi) is 17.2. The lowest BCUT2D eigenvalue weighted by Crippen LogP contribution is -2.03. The molecule has 128 valence electrons. The highest BCUT2D eigenvalue weighted by Gasteiger charge is 2.03. The summed E-state index contributed by atoms with van der Waals surface area (Å²) in [4.78, 5) is 0. The van der Waals surface area contributed by atoms with E-state index < -0.39 is 16.5 Å². The number of nitrogens with two attached hydrogens (primary N) is 1. The van der Waals surface area contributed by atoms with Gasteiger partial charge < -0.3 is 5.73 Å². The maximum atomic E-state index is 11.8. The average Bonchev–Trinajstić information content (AvgIpc) is 2.39.